The summed E-state index contributed by atoms with van der Waals surface area (Å²) in [7, 11) is -2.17. The number of rotatable bonds is 8. The molecule has 26 heavy (non-hydrogen) atoms. The summed E-state index contributed by atoms with van der Waals surface area (Å²) in [6.45, 7) is 3.05. The van der Waals surface area contributed by atoms with E-state index in [0.717, 1.165) is 25.7 Å². The molecule has 8 nitrogen and oxygen atoms in total. The number of hydrogen-bond acceptors (Lipinski definition) is 7. The second-order valence-electron chi connectivity index (χ2n) is 6.16. The normalized spacial score (nSPS) is 17.8. The van der Waals surface area contributed by atoms with Crippen LogP contribution in [-0.2, 0) is 14.6 Å². The Kier molecular flexibility index (Phi) is 6.60. The van der Waals surface area contributed by atoms with Crippen LogP contribution in [0.25, 0.3) is 0 Å². The number of aldehydes is 1. The number of carbonyl (C=O) groups is 2. The van der Waals surface area contributed by atoms with Crippen LogP contribution in [0.15, 0.2) is 17.0 Å². The van der Waals surface area contributed by atoms with Gasteiger partial charge in [-0.15, -0.1) is 0 Å². The Morgan fingerprint density at radius 1 is 1.46 bits per heavy atom. The number of nitrogens with one attached hydrogen (secondary N) is 1. The Balaban J connectivity index is 2.22. The van der Waals surface area contributed by atoms with Crippen molar-refractivity contribution in [2.75, 3.05) is 38.2 Å². The molecule has 1 aliphatic heterocycles. The summed E-state index contributed by atoms with van der Waals surface area (Å²) in [5, 5.41) is 2.81. The van der Waals surface area contributed by atoms with Crippen molar-refractivity contribution in [1.82, 2.24) is 10.2 Å². The zero-order valence-corrected chi connectivity index (χ0v) is 15.8. The Labute approximate surface area is 153 Å². The lowest BCUT2D eigenvalue weighted by molar-refractivity contribution is -0.109. The van der Waals surface area contributed by atoms with Crippen molar-refractivity contribution in [2.45, 2.75) is 30.7 Å². The number of carbonyl (C=O) groups excluding carboxylic acids is 2. The Morgan fingerprint density at radius 3 is 2.81 bits per heavy atom. The average Bonchev–Trinajstić information content (AvgIpc) is 3.06. The second-order valence-corrected chi connectivity index (χ2v) is 8.41. The maximum atomic E-state index is 12.6. The summed E-state index contributed by atoms with van der Waals surface area (Å²) >= 11 is 0. The van der Waals surface area contributed by atoms with Crippen LogP contribution in [-0.4, -0.2) is 64.0 Å². The van der Waals surface area contributed by atoms with Gasteiger partial charge in [-0.3, -0.25) is 9.69 Å². The van der Waals surface area contributed by atoms with E-state index in [1.165, 1.54) is 26.2 Å². The van der Waals surface area contributed by atoms with Gasteiger partial charge < -0.3 is 20.6 Å². The Bertz CT molecular complexity index is 779. The van der Waals surface area contributed by atoms with E-state index in [0.29, 0.717) is 13.1 Å². The first kappa shape index (κ1) is 20.2. The highest BCUT2D eigenvalue weighted by Crippen LogP contribution is 2.29. The number of ether oxygens (including phenoxy) is 1. The zero-order valence-electron chi connectivity index (χ0n) is 15.0. The molecule has 1 aromatic rings. The number of anilines is 1. The molecule has 1 atom stereocenters. The molecule has 0 saturated carbocycles. The zero-order chi connectivity index (χ0) is 19.3. The third kappa shape index (κ3) is 4.34. The van der Waals surface area contributed by atoms with Crippen LogP contribution in [0.3, 0.4) is 0 Å². The lowest BCUT2D eigenvalue weighted by Crippen LogP contribution is -2.41. The first-order chi connectivity index (χ1) is 12.3. The van der Waals surface area contributed by atoms with Gasteiger partial charge in [0, 0.05) is 18.7 Å². The van der Waals surface area contributed by atoms with E-state index in [4.69, 9.17) is 10.5 Å². The van der Waals surface area contributed by atoms with E-state index in [1.807, 2.05) is 4.90 Å². The number of nitrogens with zero attached hydrogens (tertiary/aromatic N) is 1. The van der Waals surface area contributed by atoms with Crippen molar-refractivity contribution in [3.8, 4) is 5.75 Å². The molecule has 1 saturated heterocycles. The van der Waals surface area contributed by atoms with Crippen LogP contribution in [0.1, 0.15) is 30.1 Å². The van der Waals surface area contributed by atoms with Gasteiger partial charge in [0.05, 0.1) is 35.6 Å². The van der Waals surface area contributed by atoms with Crippen molar-refractivity contribution in [2.24, 2.45) is 0 Å². The first-order valence-electron chi connectivity index (χ1n) is 8.50. The van der Waals surface area contributed by atoms with Gasteiger partial charge in [0.15, 0.2) is 9.84 Å². The van der Waals surface area contributed by atoms with Gasteiger partial charge in [-0.2, -0.15) is 0 Å². The minimum Gasteiger partial charge on any atom is -0.496 e. The fourth-order valence-corrected chi connectivity index (χ4v) is 4.14. The molecule has 1 fully saturated rings. The van der Waals surface area contributed by atoms with Gasteiger partial charge in [-0.25, -0.2) is 8.42 Å². The largest absolute Gasteiger partial charge is 0.496 e. The summed E-state index contributed by atoms with van der Waals surface area (Å²) in [6.07, 6.45) is 2.71. The van der Waals surface area contributed by atoms with Gasteiger partial charge >= 0.3 is 0 Å². The standard InChI is InChI=1S/C17H25N3O5S/c1-3-26(23,24)16-9-13(15(25-2)10-14(16)18)17(22)19-11-12-5-4-6-20(12)7-8-21/h8-10,12H,3-7,11,18H2,1-2H3,(H,19,22). The topological polar surface area (TPSA) is 119 Å². The van der Waals surface area contributed by atoms with Crippen LogP contribution in [0.5, 0.6) is 5.75 Å². The van der Waals surface area contributed by atoms with E-state index in [1.54, 1.807) is 0 Å². The summed E-state index contributed by atoms with van der Waals surface area (Å²) < 4.78 is 29.6. The summed E-state index contributed by atoms with van der Waals surface area (Å²) in [6, 6.07) is 2.70. The van der Waals surface area contributed by atoms with Crippen molar-refractivity contribution >= 4 is 27.7 Å². The SMILES string of the molecule is CCS(=O)(=O)c1cc(C(=O)NCC2CCCN2CC=O)c(OC)cc1N. The van der Waals surface area contributed by atoms with Crippen LogP contribution >= 0.6 is 0 Å². The van der Waals surface area contributed by atoms with E-state index < -0.39 is 15.7 Å². The minimum absolute atomic E-state index is 0.0493. The molecule has 9 heteroatoms. The number of benzene rings is 1. The number of methoxy groups -OCH3 is 1. The molecule has 1 unspecified atom stereocenters. The monoisotopic (exact) mass is 383 g/mol. The maximum absolute atomic E-state index is 12.6. The lowest BCUT2D eigenvalue weighted by Gasteiger charge is -2.22. The molecule has 1 aliphatic rings. The lowest BCUT2D eigenvalue weighted by atomic mass is 10.1. The number of likely N-dealkylation sites (tertiary alicyclic amines) is 1. The molecule has 0 aliphatic carbocycles. The van der Waals surface area contributed by atoms with E-state index in [2.05, 4.69) is 5.32 Å². The maximum Gasteiger partial charge on any atom is 0.255 e. The highest BCUT2D eigenvalue weighted by Gasteiger charge is 2.26. The second kappa shape index (κ2) is 8.50. The highest BCUT2D eigenvalue weighted by atomic mass is 32.2. The molecule has 0 aromatic heterocycles. The van der Waals surface area contributed by atoms with Crippen molar-refractivity contribution in [1.29, 1.82) is 0 Å². The van der Waals surface area contributed by atoms with Gasteiger partial charge in [-0.1, -0.05) is 6.92 Å². The number of hydrogen-bond donors (Lipinski definition) is 2. The van der Waals surface area contributed by atoms with Crippen LogP contribution < -0.4 is 15.8 Å². The highest BCUT2D eigenvalue weighted by molar-refractivity contribution is 7.91. The van der Waals surface area contributed by atoms with E-state index >= 15 is 0 Å². The minimum atomic E-state index is -3.56. The van der Waals surface area contributed by atoms with Crippen LogP contribution in [0.2, 0.25) is 0 Å². The third-order valence-electron chi connectivity index (χ3n) is 4.60. The predicted octanol–water partition coefficient (Wildman–Crippen LogP) is 0.464. The molecule has 144 valence electrons. The molecule has 3 N–H and O–H groups in total. The molecule has 0 bridgehead atoms. The summed E-state index contributed by atoms with van der Waals surface area (Å²) in [5.74, 6) is -0.341. The van der Waals surface area contributed by atoms with Crippen molar-refractivity contribution < 1.29 is 22.7 Å². The van der Waals surface area contributed by atoms with Gasteiger partial charge in [0.25, 0.3) is 5.91 Å². The number of nitrogen functional groups attached to an aromatic ring is 1. The van der Waals surface area contributed by atoms with Crippen LogP contribution in [0.4, 0.5) is 5.69 Å². The molecule has 1 aromatic carbocycles. The molecular formula is C17H25N3O5S. The molecule has 0 spiro atoms. The molecule has 1 amide bonds. The Hall–Kier alpha value is -2.13. The first-order valence-corrected chi connectivity index (χ1v) is 10.2. The van der Waals surface area contributed by atoms with Crippen molar-refractivity contribution in [3.05, 3.63) is 17.7 Å². The summed E-state index contributed by atoms with van der Waals surface area (Å²) in [4.78, 5) is 25.3. The fraction of sp³-hybridized carbons (Fsp3) is 0.529. The molecule has 2 rings (SSSR count). The van der Waals surface area contributed by atoms with Gasteiger partial charge in [-0.05, 0) is 25.5 Å². The fourth-order valence-electron chi connectivity index (χ4n) is 3.11. The molecule has 1 heterocycles. The van der Waals surface area contributed by atoms with Crippen LogP contribution in [0, 0.1) is 0 Å². The molecular weight excluding hydrogens is 358 g/mol. The van der Waals surface area contributed by atoms with Gasteiger partial charge in [0.2, 0.25) is 0 Å². The van der Waals surface area contributed by atoms with E-state index in [9.17, 15) is 18.0 Å². The Morgan fingerprint density at radius 2 is 2.19 bits per heavy atom. The average molecular weight is 383 g/mol. The number of sulfone groups is 1. The quantitative estimate of drug-likeness (QED) is 0.494. The summed E-state index contributed by atoms with van der Waals surface area (Å²) in [5.41, 5.74) is 5.99. The third-order valence-corrected chi connectivity index (χ3v) is 6.38. The molecule has 0 radical (unpaired) electrons. The van der Waals surface area contributed by atoms with Gasteiger partial charge in [0.1, 0.15) is 12.0 Å². The van der Waals surface area contributed by atoms with E-state index in [-0.39, 0.29) is 33.7 Å². The number of nitrogens with two attached hydrogens (primary N) is 1. The van der Waals surface area contributed by atoms with Crippen molar-refractivity contribution in [3.63, 3.8) is 0 Å². The number of amides is 1. The predicted molar refractivity (Wildman–Crippen MR) is 98.1 cm³/mol. The smallest absolute Gasteiger partial charge is 0.255 e.